The van der Waals surface area contributed by atoms with E-state index >= 15 is 0 Å². The first-order valence-electron chi connectivity index (χ1n) is 10.5. The summed E-state index contributed by atoms with van der Waals surface area (Å²) in [6, 6.07) is 20.4. The van der Waals surface area contributed by atoms with Crippen molar-refractivity contribution >= 4 is 79.4 Å². The minimum atomic E-state index is -4.00. The Kier molecular flexibility index (Phi) is 8.11. The van der Waals surface area contributed by atoms with E-state index in [1.54, 1.807) is 12.1 Å². The first-order valence-corrected chi connectivity index (χ1v) is 13.5. The summed E-state index contributed by atoms with van der Waals surface area (Å²) in [6.07, 6.45) is 0. The molecule has 0 bridgehead atoms. The van der Waals surface area contributed by atoms with Gasteiger partial charge < -0.3 is 10.6 Å². The summed E-state index contributed by atoms with van der Waals surface area (Å²) in [5.41, 5.74) is 0.866. The molecular formula is C26H16Cl4N2O4S. The number of nitrogens with one attached hydrogen (secondary N) is 2. The van der Waals surface area contributed by atoms with Crippen LogP contribution in [0, 0.1) is 0 Å². The Bertz CT molecular complexity index is 1530. The van der Waals surface area contributed by atoms with Gasteiger partial charge in [-0.1, -0.05) is 58.5 Å². The van der Waals surface area contributed by atoms with E-state index < -0.39 is 21.7 Å². The largest absolute Gasteiger partial charge is 0.322 e. The van der Waals surface area contributed by atoms with E-state index in [-0.39, 0.29) is 42.3 Å². The standard InChI is InChI=1S/C26H16Cl4N2O4S/c27-15-7-9-21(23(29)11-15)25(33)31-17-3-1-5-19(13-17)37(35,36)20-6-2-4-18(14-20)32-26(34)22-10-8-16(28)12-24(22)30/h1-14H,(H,31,33)(H,32,34). The lowest BCUT2D eigenvalue weighted by Crippen LogP contribution is -2.13. The molecule has 0 aliphatic carbocycles. The van der Waals surface area contributed by atoms with E-state index in [9.17, 15) is 18.0 Å². The maximum Gasteiger partial charge on any atom is 0.257 e. The third-order valence-electron chi connectivity index (χ3n) is 5.16. The van der Waals surface area contributed by atoms with Crippen molar-refractivity contribution in [2.24, 2.45) is 0 Å². The lowest BCUT2D eigenvalue weighted by Gasteiger charge is -2.11. The fraction of sp³-hybridized carbons (Fsp3) is 0. The summed E-state index contributed by atoms with van der Waals surface area (Å²) in [7, 11) is -4.00. The summed E-state index contributed by atoms with van der Waals surface area (Å²) in [4.78, 5) is 25.2. The van der Waals surface area contributed by atoms with Crippen LogP contribution in [0.1, 0.15) is 20.7 Å². The molecule has 0 aromatic heterocycles. The number of carbonyl (C=O) groups is 2. The Hall–Kier alpha value is -3.07. The van der Waals surface area contributed by atoms with Crippen LogP contribution in [0.15, 0.2) is 94.7 Å². The summed E-state index contributed by atoms with van der Waals surface area (Å²) in [5.74, 6) is -1.05. The third-order valence-corrected chi connectivity index (χ3v) is 8.00. The smallest absolute Gasteiger partial charge is 0.257 e. The minimum Gasteiger partial charge on any atom is -0.322 e. The molecule has 0 aliphatic rings. The Balaban J connectivity index is 1.56. The molecule has 188 valence electrons. The second-order valence-corrected chi connectivity index (χ2v) is 11.4. The minimum absolute atomic E-state index is 0.0586. The second-order valence-electron chi connectivity index (χ2n) is 7.72. The number of sulfone groups is 1. The van der Waals surface area contributed by atoms with Crippen LogP contribution >= 0.6 is 46.4 Å². The molecule has 0 radical (unpaired) electrons. The van der Waals surface area contributed by atoms with Crippen molar-refractivity contribution in [1.82, 2.24) is 0 Å². The molecule has 6 nitrogen and oxygen atoms in total. The van der Waals surface area contributed by atoms with Gasteiger partial charge in [-0.2, -0.15) is 0 Å². The number of amides is 2. The molecule has 4 aromatic rings. The number of halogens is 4. The quantitative estimate of drug-likeness (QED) is 0.240. The van der Waals surface area contributed by atoms with Gasteiger partial charge in [-0.25, -0.2) is 8.42 Å². The SMILES string of the molecule is O=C(Nc1cccc(S(=O)(=O)c2cccc(NC(=O)c3ccc(Cl)cc3Cl)c2)c1)c1ccc(Cl)cc1Cl. The van der Waals surface area contributed by atoms with Gasteiger partial charge in [0.25, 0.3) is 11.8 Å². The fourth-order valence-electron chi connectivity index (χ4n) is 3.36. The molecule has 11 heteroatoms. The number of anilines is 2. The highest BCUT2D eigenvalue weighted by molar-refractivity contribution is 7.91. The van der Waals surface area contributed by atoms with Crippen LogP contribution in [0.3, 0.4) is 0 Å². The van der Waals surface area contributed by atoms with Crippen molar-refractivity contribution < 1.29 is 18.0 Å². The molecule has 0 aliphatic heterocycles. The van der Waals surface area contributed by atoms with Crippen LogP contribution in [-0.2, 0) is 9.84 Å². The van der Waals surface area contributed by atoms with Gasteiger partial charge in [-0.3, -0.25) is 9.59 Å². The van der Waals surface area contributed by atoms with Gasteiger partial charge in [0, 0.05) is 21.4 Å². The molecule has 0 saturated heterocycles. The van der Waals surface area contributed by atoms with E-state index in [4.69, 9.17) is 46.4 Å². The van der Waals surface area contributed by atoms with Crippen molar-refractivity contribution in [3.63, 3.8) is 0 Å². The number of rotatable bonds is 6. The van der Waals surface area contributed by atoms with E-state index in [0.29, 0.717) is 10.0 Å². The van der Waals surface area contributed by atoms with E-state index in [1.807, 2.05) is 0 Å². The van der Waals surface area contributed by atoms with Crippen LogP contribution < -0.4 is 10.6 Å². The highest BCUT2D eigenvalue weighted by Gasteiger charge is 2.20. The molecule has 0 saturated carbocycles. The van der Waals surface area contributed by atoms with Crippen LogP contribution in [0.25, 0.3) is 0 Å². The van der Waals surface area contributed by atoms with Gasteiger partial charge in [-0.15, -0.1) is 0 Å². The average Bonchev–Trinajstić information content (AvgIpc) is 2.84. The zero-order chi connectivity index (χ0) is 26.7. The van der Waals surface area contributed by atoms with Crippen molar-refractivity contribution in [3.05, 3.63) is 116 Å². The Labute approximate surface area is 233 Å². The van der Waals surface area contributed by atoms with Gasteiger partial charge in [0.1, 0.15) is 0 Å². The summed E-state index contributed by atoms with van der Waals surface area (Å²) in [6.45, 7) is 0. The Morgan fingerprint density at radius 2 is 0.973 bits per heavy atom. The van der Waals surface area contributed by atoms with Gasteiger partial charge >= 0.3 is 0 Å². The predicted molar refractivity (Wildman–Crippen MR) is 147 cm³/mol. The fourth-order valence-corrected chi connectivity index (χ4v) is 5.70. The molecule has 0 heterocycles. The maximum absolute atomic E-state index is 13.3. The van der Waals surface area contributed by atoms with Crippen molar-refractivity contribution in [1.29, 1.82) is 0 Å². The van der Waals surface area contributed by atoms with E-state index in [0.717, 1.165) is 0 Å². The molecule has 37 heavy (non-hydrogen) atoms. The second kappa shape index (κ2) is 11.1. The first-order chi connectivity index (χ1) is 17.5. The molecule has 0 unspecified atom stereocenters. The van der Waals surface area contributed by atoms with Gasteiger partial charge in [-0.05, 0) is 72.8 Å². The van der Waals surface area contributed by atoms with Crippen LogP contribution in [-0.4, -0.2) is 20.2 Å². The van der Waals surface area contributed by atoms with Crippen LogP contribution in [0.2, 0.25) is 20.1 Å². The van der Waals surface area contributed by atoms with E-state index in [2.05, 4.69) is 10.6 Å². The van der Waals surface area contributed by atoms with Crippen molar-refractivity contribution in [2.45, 2.75) is 9.79 Å². The number of carbonyl (C=O) groups excluding carboxylic acids is 2. The van der Waals surface area contributed by atoms with E-state index in [1.165, 1.54) is 72.8 Å². The average molecular weight is 594 g/mol. The maximum atomic E-state index is 13.3. The lowest BCUT2D eigenvalue weighted by molar-refractivity contribution is 0.101. The molecule has 0 atom stereocenters. The summed E-state index contributed by atoms with van der Waals surface area (Å²) in [5, 5.41) is 6.35. The monoisotopic (exact) mass is 592 g/mol. The number of hydrogen-bond acceptors (Lipinski definition) is 4. The lowest BCUT2D eigenvalue weighted by atomic mass is 10.2. The summed E-state index contributed by atoms with van der Waals surface area (Å²) >= 11 is 23.9. The van der Waals surface area contributed by atoms with Crippen molar-refractivity contribution in [3.8, 4) is 0 Å². The molecule has 2 amide bonds. The zero-order valence-corrected chi connectivity index (χ0v) is 22.5. The molecule has 0 fully saturated rings. The third kappa shape index (κ3) is 6.26. The van der Waals surface area contributed by atoms with Gasteiger partial charge in [0.05, 0.1) is 31.0 Å². The highest BCUT2D eigenvalue weighted by atomic mass is 35.5. The highest BCUT2D eigenvalue weighted by Crippen LogP contribution is 2.28. The van der Waals surface area contributed by atoms with Gasteiger partial charge in [0.2, 0.25) is 9.84 Å². The number of benzene rings is 4. The summed E-state index contributed by atoms with van der Waals surface area (Å²) < 4.78 is 26.7. The van der Waals surface area contributed by atoms with Gasteiger partial charge in [0.15, 0.2) is 0 Å². The molecular weight excluding hydrogens is 578 g/mol. The number of hydrogen-bond donors (Lipinski definition) is 2. The van der Waals surface area contributed by atoms with Crippen LogP contribution in [0.4, 0.5) is 11.4 Å². The Morgan fingerprint density at radius 3 is 1.35 bits per heavy atom. The van der Waals surface area contributed by atoms with Crippen molar-refractivity contribution in [2.75, 3.05) is 10.6 Å². The Morgan fingerprint density at radius 1 is 0.568 bits per heavy atom. The molecule has 0 spiro atoms. The van der Waals surface area contributed by atoms with Crippen LogP contribution in [0.5, 0.6) is 0 Å². The molecule has 4 aromatic carbocycles. The molecule has 2 N–H and O–H groups in total. The predicted octanol–water partition coefficient (Wildman–Crippen LogP) is 7.64. The first kappa shape index (κ1) is 27.0. The molecule has 4 rings (SSSR count). The zero-order valence-electron chi connectivity index (χ0n) is 18.6. The normalized spacial score (nSPS) is 11.1. The topological polar surface area (TPSA) is 92.3 Å².